The van der Waals surface area contributed by atoms with Crippen LogP contribution in [0.5, 0.6) is 0 Å². The van der Waals surface area contributed by atoms with Gasteiger partial charge < -0.3 is 10.2 Å². The minimum Gasteiger partial charge on any atom is -0.478 e. The van der Waals surface area contributed by atoms with Crippen LogP contribution in [0.1, 0.15) is 15.9 Å². The maximum absolute atomic E-state index is 13.8. The van der Waals surface area contributed by atoms with Crippen molar-refractivity contribution in [3.05, 3.63) is 29.3 Å². The highest BCUT2D eigenvalue weighted by Gasteiger charge is 2.36. The molecule has 1 atom stereocenters. The number of sulfone groups is 1. The quantitative estimate of drug-likeness (QED) is 0.798. The van der Waals surface area contributed by atoms with Crippen molar-refractivity contribution >= 4 is 21.9 Å². The molecule has 0 radical (unpaired) electrons. The Balaban J connectivity index is 2.63. The van der Waals surface area contributed by atoms with Crippen LogP contribution in [0.25, 0.3) is 0 Å². The van der Waals surface area contributed by atoms with Crippen molar-refractivity contribution in [3.63, 3.8) is 0 Å². The van der Waals surface area contributed by atoms with Crippen LogP contribution in [0.3, 0.4) is 0 Å². The van der Waals surface area contributed by atoms with Gasteiger partial charge in [0.1, 0.15) is 0 Å². The van der Waals surface area contributed by atoms with E-state index in [1.165, 1.54) is 6.07 Å². The molecule has 0 saturated heterocycles. The SMILES string of the molecule is O=C(O)c1ccc2c(c1)S(=O)(=O)[C@H](F)CN(C(=O)O)C2. The predicted molar refractivity (Wildman–Crippen MR) is 63.9 cm³/mol. The fourth-order valence-electron chi connectivity index (χ4n) is 1.91. The summed E-state index contributed by atoms with van der Waals surface area (Å²) in [5.74, 6) is -1.35. The van der Waals surface area contributed by atoms with E-state index in [0.717, 1.165) is 12.1 Å². The number of carbonyl (C=O) groups is 2. The van der Waals surface area contributed by atoms with E-state index in [9.17, 15) is 22.4 Å². The van der Waals surface area contributed by atoms with E-state index in [2.05, 4.69) is 0 Å². The molecule has 0 bridgehead atoms. The Kier molecular flexibility index (Phi) is 3.38. The van der Waals surface area contributed by atoms with Crippen LogP contribution in [-0.2, 0) is 16.4 Å². The molecule has 1 heterocycles. The zero-order valence-corrected chi connectivity index (χ0v) is 10.8. The molecule has 20 heavy (non-hydrogen) atoms. The Hall–Kier alpha value is -2.16. The first kappa shape index (κ1) is 14.3. The molecule has 0 fully saturated rings. The number of amides is 1. The van der Waals surface area contributed by atoms with Gasteiger partial charge in [-0.3, -0.25) is 4.90 Å². The summed E-state index contributed by atoms with van der Waals surface area (Å²) in [6, 6.07) is 3.19. The Morgan fingerprint density at radius 3 is 2.50 bits per heavy atom. The summed E-state index contributed by atoms with van der Waals surface area (Å²) >= 11 is 0. The molecule has 1 aromatic rings. The average molecular weight is 303 g/mol. The molecule has 1 amide bonds. The maximum atomic E-state index is 13.8. The molecule has 0 spiro atoms. The number of benzene rings is 1. The molecule has 0 aliphatic carbocycles. The molecule has 108 valence electrons. The summed E-state index contributed by atoms with van der Waals surface area (Å²) in [5.41, 5.74) is -2.68. The first-order valence-electron chi connectivity index (χ1n) is 5.45. The van der Waals surface area contributed by atoms with E-state index in [0.29, 0.717) is 4.90 Å². The second kappa shape index (κ2) is 4.75. The summed E-state index contributed by atoms with van der Waals surface area (Å²) in [6.07, 6.45) is -1.45. The van der Waals surface area contributed by atoms with E-state index >= 15 is 0 Å². The molecule has 0 saturated carbocycles. The first-order chi connectivity index (χ1) is 9.23. The van der Waals surface area contributed by atoms with Gasteiger partial charge in [0.2, 0.25) is 15.3 Å². The number of hydrogen-bond acceptors (Lipinski definition) is 4. The summed E-state index contributed by atoms with van der Waals surface area (Å²) in [6.45, 7) is -1.13. The third kappa shape index (κ3) is 2.31. The zero-order chi connectivity index (χ0) is 15.1. The second-order valence-electron chi connectivity index (χ2n) is 4.25. The lowest BCUT2D eigenvalue weighted by Crippen LogP contribution is -2.34. The van der Waals surface area contributed by atoms with Gasteiger partial charge >= 0.3 is 12.1 Å². The van der Waals surface area contributed by atoms with Crippen molar-refractivity contribution in [3.8, 4) is 0 Å². The Morgan fingerprint density at radius 1 is 1.30 bits per heavy atom. The van der Waals surface area contributed by atoms with Gasteiger partial charge in [0.25, 0.3) is 0 Å². The molecule has 7 nitrogen and oxygen atoms in total. The highest BCUT2D eigenvalue weighted by molar-refractivity contribution is 7.92. The molecule has 0 aromatic heterocycles. The van der Waals surface area contributed by atoms with Crippen LogP contribution in [-0.4, -0.2) is 47.6 Å². The molecule has 1 aliphatic heterocycles. The van der Waals surface area contributed by atoms with Gasteiger partial charge in [-0.15, -0.1) is 0 Å². The monoisotopic (exact) mass is 303 g/mol. The number of carboxylic acids is 1. The molecule has 1 aliphatic rings. The van der Waals surface area contributed by atoms with Crippen molar-refractivity contribution in [1.82, 2.24) is 4.90 Å². The number of halogens is 1. The lowest BCUT2D eigenvalue weighted by atomic mass is 10.1. The van der Waals surface area contributed by atoms with E-state index in [1.807, 2.05) is 0 Å². The van der Waals surface area contributed by atoms with Gasteiger partial charge in [0.15, 0.2) is 0 Å². The summed E-state index contributed by atoms with van der Waals surface area (Å²) in [5, 5.41) is 17.7. The summed E-state index contributed by atoms with van der Waals surface area (Å²) in [7, 11) is -4.41. The minimum atomic E-state index is -4.41. The molecular weight excluding hydrogens is 293 g/mol. The highest BCUT2D eigenvalue weighted by atomic mass is 32.2. The third-order valence-corrected chi connectivity index (χ3v) is 4.77. The number of carboxylic acid groups (broad SMARTS) is 2. The fourth-order valence-corrected chi connectivity index (χ4v) is 3.35. The standard InChI is InChI=1S/C11H10FNO6S/c12-9-5-13(11(16)17)4-7-2-1-6(10(14)15)3-8(7)20(9,18)19/h1-3,9H,4-5H2,(H,14,15)(H,16,17)/t9-/m0/s1. The normalized spacial score (nSPS) is 20.9. The van der Waals surface area contributed by atoms with Gasteiger partial charge in [-0.05, 0) is 17.7 Å². The second-order valence-corrected chi connectivity index (χ2v) is 6.29. The molecule has 9 heteroatoms. The topological polar surface area (TPSA) is 112 Å². The smallest absolute Gasteiger partial charge is 0.407 e. The molecule has 2 rings (SSSR count). The van der Waals surface area contributed by atoms with Crippen LogP contribution in [0.4, 0.5) is 9.18 Å². The number of hydrogen-bond donors (Lipinski definition) is 2. The van der Waals surface area contributed by atoms with Crippen molar-refractivity contribution in [1.29, 1.82) is 0 Å². The first-order valence-corrected chi connectivity index (χ1v) is 7.00. The minimum absolute atomic E-state index is 0.0533. The van der Waals surface area contributed by atoms with E-state index in [-0.39, 0.29) is 17.7 Å². The van der Waals surface area contributed by atoms with Crippen LogP contribution >= 0.6 is 0 Å². The lowest BCUT2D eigenvalue weighted by Gasteiger charge is -2.16. The Morgan fingerprint density at radius 2 is 1.95 bits per heavy atom. The van der Waals surface area contributed by atoms with E-state index < -0.39 is 38.8 Å². The zero-order valence-electron chi connectivity index (χ0n) is 9.98. The summed E-state index contributed by atoms with van der Waals surface area (Å²) < 4.78 is 37.8. The average Bonchev–Trinajstić information content (AvgIpc) is 2.46. The van der Waals surface area contributed by atoms with Crippen LogP contribution in [0, 0.1) is 0 Å². The fraction of sp³-hybridized carbons (Fsp3) is 0.273. The van der Waals surface area contributed by atoms with Gasteiger partial charge in [-0.25, -0.2) is 22.4 Å². The molecule has 1 aromatic carbocycles. The molecule has 0 unspecified atom stereocenters. The number of alkyl halides is 1. The maximum Gasteiger partial charge on any atom is 0.407 e. The lowest BCUT2D eigenvalue weighted by molar-refractivity contribution is 0.0696. The van der Waals surface area contributed by atoms with Crippen LogP contribution in [0.15, 0.2) is 23.1 Å². The van der Waals surface area contributed by atoms with Crippen LogP contribution < -0.4 is 0 Å². The van der Waals surface area contributed by atoms with Crippen molar-refractivity contribution in [2.45, 2.75) is 16.9 Å². The van der Waals surface area contributed by atoms with E-state index in [4.69, 9.17) is 10.2 Å². The van der Waals surface area contributed by atoms with Crippen molar-refractivity contribution in [2.24, 2.45) is 0 Å². The highest BCUT2D eigenvalue weighted by Crippen LogP contribution is 2.28. The predicted octanol–water partition coefficient (Wildman–Crippen LogP) is 0.948. The molecular formula is C11H10FNO6S. The van der Waals surface area contributed by atoms with Gasteiger partial charge in [0, 0.05) is 0 Å². The number of rotatable bonds is 1. The molecule has 2 N–H and O–H groups in total. The Labute approximate surface area is 113 Å². The van der Waals surface area contributed by atoms with E-state index in [1.54, 1.807) is 0 Å². The van der Waals surface area contributed by atoms with Crippen molar-refractivity contribution < 1.29 is 32.6 Å². The Bertz CT molecular complexity index is 686. The number of nitrogens with zero attached hydrogens (tertiary/aromatic N) is 1. The summed E-state index contributed by atoms with van der Waals surface area (Å²) in [4.78, 5) is 21.9. The van der Waals surface area contributed by atoms with Gasteiger partial charge in [-0.2, -0.15) is 0 Å². The number of fused-ring (bicyclic) bond motifs is 1. The third-order valence-electron chi connectivity index (χ3n) is 2.95. The van der Waals surface area contributed by atoms with Crippen molar-refractivity contribution in [2.75, 3.05) is 6.54 Å². The van der Waals surface area contributed by atoms with Crippen LogP contribution in [0.2, 0.25) is 0 Å². The van der Waals surface area contributed by atoms with Gasteiger partial charge in [-0.1, -0.05) is 6.07 Å². The number of aromatic carboxylic acids is 1. The van der Waals surface area contributed by atoms with Gasteiger partial charge in [0.05, 0.1) is 23.5 Å². The largest absolute Gasteiger partial charge is 0.478 e.